The van der Waals surface area contributed by atoms with Crippen LogP contribution in [0.2, 0.25) is 18.6 Å². The summed E-state index contributed by atoms with van der Waals surface area (Å²) in [6, 6.07) is 23.3. The highest BCUT2D eigenvalue weighted by Crippen LogP contribution is 2.60. The Balaban J connectivity index is 1.11. The molecule has 4 aliphatic rings. The molecule has 54 heavy (non-hydrogen) atoms. The molecule has 0 saturated carbocycles. The third-order valence-electron chi connectivity index (χ3n) is 12.0. The molecule has 0 bridgehead atoms. The van der Waals surface area contributed by atoms with E-state index in [4.69, 9.17) is 4.74 Å². The van der Waals surface area contributed by atoms with Crippen molar-refractivity contribution in [2.75, 3.05) is 34.4 Å². The molecule has 5 atom stereocenters. The molecule has 1 spiro atoms. The molecule has 3 aromatic carbocycles. The lowest BCUT2D eigenvalue weighted by Crippen LogP contribution is -2.46. The second kappa shape index (κ2) is 14.2. The monoisotopic (exact) mass is 748 g/mol. The Labute approximate surface area is 316 Å². The van der Waals surface area contributed by atoms with Gasteiger partial charge in [-0.3, -0.25) is 19.1 Å². The Hall–Kier alpha value is -4.69. The van der Waals surface area contributed by atoms with Gasteiger partial charge in [-0.05, 0) is 73.8 Å². The fraction of sp³-hybridized carbons (Fsp3) is 0.439. The van der Waals surface area contributed by atoms with Crippen molar-refractivity contribution in [3.63, 3.8) is 0 Å². The highest BCUT2D eigenvalue weighted by Gasteiger charge is 2.66. The quantitative estimate of drug-likeness (QED) is 0.202. The Morgan fingerprint density at radius 3 is 2.22 bits per heavy atom. The molecule has 0 radical (unpaired) electrons. The number of amides is 3. The van der Waals surface area contributed by atoms with Gasteiger partial charge in [-0.25, -0.2) is 0 Å². The van der Waals surface area contributed by atoms with Gasteiger partial charge >= 0.3 is 0 Å². The average molecular weight is 749 g/mol. The fourth-order valence-electron chi connectivity index (χ4n) is 9.36. The van der Waals surface area contributed by atoms with Crippen molar-refractivity contribution in [3.8, 4) is 0 Å². The summed E-state index contributed by atoms with van der Waals surface area (Å²) >= 11 is 0. The van der Waals surface area contributed by atoms with Gasteiger partial charge in [0.1, 0.15) is 0 Å². The number of rotatable bonds is 11. The minimum atomic E-state index is -2.94. The maximum Gasteiger partial charge on any atom is 0.264 e. The number of nitrogens with zero attached hydrogens (tertiary/aromatic N) is 6. The third kappa shape index (κ3) is 6.26. The number of hydrogen-bond donors (Lipinski definition) is 2. The van der Waals surface area contributed by atoms with Crippen molar-refractivity contribution >= 4 is 43.1 Å². The average Bonchev–Trinajstić information content (AvgIpc) is 3.99. The van der Waals surface area contributed by atoms with Crippen molar-refractivity contribution in [1.29, 1.82) is 0 Å². The SMILES string of the molecule is C[C@H]1[C@H]([Si](C)(C)O)[C@@H](CCn2cc(C(CO)c3ccccc3)nn2)O[C@]12C(=O)N(Cc1ccc(N3CCCC3=O)cc1)c1ccc(N3CCCC3=O)cc12. The highest BCUT2D eigenvalue weighted by molar-refractivity contribution is 6.71. The van der Waals surface area contributed by atoms with E-state index in [0.717, 1.165) is 46.6 Å². The van der Waals surface area contributed by atoms with Crippen LogP contribution in [0.15, 0.2) is 79.0 Å². The van der Waals surface area contributed by atoms with E-state index in [2.05, 4.69) is 10.3 Å². The number of ether oxygens (including phenoxy) is 1. The number of carbonyl (C=O) groups is 3. The van der Waals surface area contributed by atoms with Gasteiger partial charge in [-0.2, -0.15) is 0 Å². The molecule has 4 aliphatic heterocycles. The molecule has 8 rings (SSSR count). The van der Waals surface area contributed by atoms with Gasteiger partial charge in [-0.15, -0.1) is 5.10 Å². The van der Waals surface area contributed by atoms with Crippen LogP contribution in [0.25, 0.3) is 0 Å². The van der Waals surface area contributed by atoms with E-state index in [1.54, 1.807) is 19.4 Å². The zero-order chi connectivity index (χ0) is 37.8. The number of aryl methyl sites for hydroxylation is 1. The maximum absolute atomic E-state index is 15.1. The minimum absolute atomic E-state index is 0.0599. The lowest BCUT2D eigenvalue weighted by molar-refractivity contribution is -0.146. The molecule has 3 saturated heterocycles. The van der Waals surface area contributed by atoms with E-state index >= 15 is 4.79 Å². The van der Waals surface area contributed by atoms with Gasteiger partial charge in [0.25, 0.3) is 5.91 Å². The van der Waals surface area contributed by atoms with Gasteiger partial charge in [0, 0.05) is 67.1 Å². The van der Waals surface area contributed by atoms with Crippen LogP contribution in [0.4, 0.5) is 17.1 Å². The summed E-state index contributed by atoms with van der Waals surface area (Å²) in [6.07, 6.45) is 4.53. The third-order valence-corrected chi connectivity index (χ3v) is 14.5. The van der Waals surface area contributed by atoms with E-state index in [0.29, 0.717) is 51.1 Å². The summed E-state index contributed by atoms with van der Waals surface area (Å²) in [4.78, 5) is 57.6. The highest BCUT2D eigenvalue weighted by atomic mass is 28.4. The zero-order valence-corrected chi connectivity index (χ0v) is 32.1. The summed E-state index contributed by atoms with van der Waals surface area (Å²) in [5.74, 6) is -0.683. The second-order valence-electron chi connectivity index (χ2n) is 15.8. The molecule has 3 amide bonds. The molecule has 1 aromatic heterocycles. The number of anilines is 3. The van der Waals surface area contributed by atoms with Gasteiger partial charge < -0.3 is 29.3 Å². The van der Waals surface area contributed by atoms with Crippen molar-refractivity contribution in [3.05, 3.63) is 101 Å². The number of aliphatic hydroxyl groups excluding tert-OH is 1. The van der Waals surface area contributed by atoms with Gasteiger partial charge in [0.2, 0.25) is 11.8 Å². The van der Waals surface area contributed by atoms with E-state index < -0.39 is 20.0 Å². The number of aliphatic hydroxyl groups is 1. The summed E-state index contributed by atoms with van der Waals surface area (Å²) in [5, 5.41) is 19.0. The fourth-order valence-corrected chi connectivity index (χ4v) is 12.0. The number of benzene rings is 3. The molecule has 4 aromatic rings. The maximum atomic E-state index is 15.1. The molecular formula is C41H48N6O6Si. The Kier molecular flexibility index (Phi) is 9.53. The largest absolute Gasteiger partial charge is 0.432 e. The molecule has 12 nitrogen and oxygen atoms in total. The van der Waals surface area contributed by atoms with Crippen LogP contribution < -0.4 is 14.7 Å². The first-order valence-corrected chi connectivity index (χ1v) is 22.1. The Bertz CT molecular complexity index is 2050. The van der Waals surface area contributed by atoms with Crippen molar-refractivity contribution in [2.24, 2.45) is 5.92 Å². The predicted octanol–water partition coefficient (Wildman–Crippen LogP) is 5.09. The second-order valence-corrected chi connectivity index (χ2v) is 19.7. The van der Waals surface area contributed by atoms with Gasteiger partial charge in [0.15, 0.2) is 13.9 Å². The molecule has 2 N–H and O–H groups in total. The molecule has 282 valence electrons. The van der Waals surface area contributed by atoms with Crippen LogP contribution in [-0.4, -0.2) is 76.7 Å². The lowest BCUT2D eigenvalue weighted by atomic mass is 9.82. The minimum Gasteiger partial charge on any atom is -0.432 e. The van der Waals surface area contributed by atoms with Crippen LogP contribution in [0.3, 0.4) is 0 Å². The van der Waals surface area contributed by atoms with Crippen LogP contribution in [0.5, 0.6) is 0 Å². The van der Waals surface area contributed by atoms with Gasteiger partial charge in [-0.1, -0.05) is 54.6 Å². The molecule has 0 aliphatic carbocycles. The van der Waals surface area contributed by atoms with Crippen molar-refractivity contribution in [1.82, 2.24) is 15.0 Å². The van der Waals surface area contributed by atoms with Crippen molar-refractivity contribution in [2.45, 2.75) is 88.4 Å². The van der Waals surface area contributed by atoms with Gasteiger partial charge in [0.05, 0.1) is 36.6 Å². The van der Waals surface area contributed by atoms with Crippen LogP contribution >= 0.6 is 0 Å². The number of fused-ring (bicyclic) bond motifs is 2. The molecule has 5 heterocycles. The normalized spacial score (nSPS) is 24.7. The molecular weight excluding hydrogens is 701 g/mol. The first kappa shape index (κ1) is 36.3. The Morgan fingerprint density at radius 2 is 1.59 bits per heavy atom. The van der Waals surface area contributed by atoms with E-state index in [1.165, 1.54) is 0 Å². The molecule has 1 unspecified atom stereocenters. The lowest BCUT2D eigenvalue weighted by Gasteiger charge is -2.32. The van der Waals surface area contributed by atoms with Crippen LogP contribution in [0.1, 0.15) is 67.3 Å². The van der Waals surface area contributed by atoms with E-state index in [1.807, 2.05) is 99.0 Å². The number of aromatic nitrogens is 3. The topological polar surface area (TPSA) is 141 Å². The summed E-state index contributed by atoms with van der Waals surface area (Å²) in [7, 11) is -2.94. The van der Waals surface area contributed by atoms with E-state index in [9.17, 15) is 19.5 Å². The first-order chi connectivity index (χ1) is 26.0. The summed E-state index contributed by atoms with van der Waals surface area (Å²) < 4.78 is 8.86. The molecule has 13 heteroatoms. The first-order valence-electron chi connectivity index (χ1n) is 19.1. The standard InChI is InChI=1S/C41H48N6O6Si/c1-27-39(54(2,3)52)36(19-22-44-25-34(42-43-44)32(26-48)29-9-5-4-6-10-29)53-41(27)33-23-31(46-21-8-12-38(46)50)17-18-35(33)47(40(41)51)24-28-13-15-30(16-14-28)45-20-7-11-37(45)49/h4-6,9-10,13-18,23,25,27,32,36,39,48,52H,7-8,11-12,19-22,24,26H2,1-3H3/t27-,32?,36+,39-,41+/m0/s1. The smallest absolute Gasteiger partial charge is 0.264 e. The van der Waals surface area contributed by atoms with E-state index in [-0.39, 0.29) is 41.7 Å². The predicted molar refractivity (Wildman–Crippen MR) is 206 cm³/mol. The zero-order valence-electron chi connectivity index (χ0n) is 31.1. The van der Waals surface area contributed by atoms with Crippen LogP contribution in [-0.2, 0) is 37.8 Å². The summed E-state index contributed by atoms with van der Waals surface area (Å²) in [6.45, 7) is 7.80. The number of hydrogen-bond acceptors (Lipinski definition) is 8. The number of carbonyl (C=O) groups excluding carboxylic acids is 3. The Morgan fingerprint density at radius 1 is 0.926 bits per heavy atom. The molecule has 3 fully saturated rings. The summed E-state index contributed by atoms with van der Waals surface area (Å²) in [5.41, 5.74) is 3.91. The van der Waals surface area contributed by atoms with Crippen molar-refractivity contribution < 1.29 is 29.0 Å². The van der Waals surface area contributed by atoms with Crippen LogP contribution in [0, 0.1) is 5.92 Å².